The van der Waals surface area contributed by atoms with Gasteiger partial charge in [0.1, 0.15) is 16.8 Å². The van der Waals surface area contributed by atoms with Crippen LogP contribution < -0.4 is 5.32 Å². The van der Waals surface area contributed by atoms with Crippen molar-refractivity contribution in [1.82, 2.24) is 4.31 Å². The van der Waals surface area contributed by atoms with Crippen molar-refractivity contribution in [3.05, 3.63) is 23.5 Å². The van der Waals surface area contributed by atoms with Crippen LogP contribution in [0.15, 0.2) is 17.0 Å². The lowest BCUT2D eigenvalue weighted by molar-refractivity contribution is -0.140. The molecule has 0 aromatic heterocycles. The van der Waals surface area contributed by atoms with E-state index in [1.807, 2.05) is 0 Å². The van der Waals surface area contributed by atoms with Gasteiger partial charge in [0.05, 0.1) is 0 Å². The van der Waals surface area contributed by atoms with E-state index in [0.717, 1.165) is 10.4 Å². The third kappa shape index (κ3) is 2.70. The molecule has 0 aliphatic carbocycles. The fraction of sp³-hybridized carbons (Fsp3) is 0.429. The monoisotopic (exact) mass is 342 g/mol. The number of hydrogen-bond donors (Lipinski definition) is 2. The molecule has 124 valence electrons. The Kier molecular flexibility index (Phi) is 3.85. The summed E-state index contributed by atoms with van der Waals surface area (Å²) in [6.45, 7) is 0.0482. The molecule has 0 unspecified atom stereocenters. The first kappa shape index (κ1) is 15.9. The number of sulfonamides is 1. The minimum atomic E-state index is -4.25. The van der Waals surface area contributed by atoms with Gasteiger partial charge in [-0.25, -0.2) is 12.8 Å². The van der Waals surface area contributed by atoms with Crippen LogP contribution in [0.4, 0.5) is 10.1 Å². The van der Waals surface area contributed by atoms with E-state index in [9.17, 15) is 22.4 Å². The van der Waals surface area contributed by atoms with Crippen molar-refractivity contribution in [2.45, 2.75) is 36.6 Å². The van der Waals surface area contributed by atoms with E-state index in [1.54, 1.807) is 0 Å². The summed E-state index contributed by atoms with van der Waals surface area (Å²) in [5.41, 5.74) is 0.782. The lowest BCUT2D eigenvalue weighted by Crippen LogP contribution is -2.40. The molecule has 2 aliphatic heterocycles. The Morgan fingerprint density at radius 3 is 2.78 bits per heavy atom. The summed E-state index contributed by atoms with van der Waals surface area (Å²) in [6, 6.07) is 0.997. The van der Waals surface area contributed by atoms with Crippen LogP contribution in [0.5, 0.6) is 0 Å². The number of nitrogens with one attached hydrogen (secondary N) is 1. The number of nitrogens with zero attached hydrogens (tertiary/aromatic N) is 1. The zero-order valence-electron chi connectivity index (χ0n) is 12.1. The number of fused-ring (bicyclic) bond motifs is 1. The largest absolute Gasteiger partial charge is 0.480 e. The second-order valence-electron chi connectivity index (χ2n) is 5.60. The predicted molar refractivity (Wildman–Crippen MR) is 77.9 cm³/mol. The highest BCUT2D eigenvalue weighted by molar-refractivity contribution is 7.89. The van der Waals surface area contributed by atoms with Crippen LogP contribution >= 0.6 is 0 Å². The minimum absolute atomic E-state index is 0.0482. The number of aliphatic carboxylic acids is 1. The molecular formula is C14H15FN2O5S. The molecule has 7 nitrogen and oxygen atoms in total. The number of benzene rings is 1. The maximum absolute atomic E-state index is 14.3. The molecule has 1 fully saturated rings. The molecule has 2 aliphatic rings. The molecule has 2 heterocycles. The van der Waals surface area contributed by atoms with Gasteiger partial charge in [-0.2, -0.15) is 4.31 Å². The number of carbonyl (C=O) groups excluding carboxylic acids is 1. The molecule has 1 aromatic rings. The average Bonchev–Trinajstić information content (AvgIpc) is 2.96. The van der Waals surface area contributed by atoms with E-state index >= 15 is 0 Å². The third-order valence-corrected chi connectivity index (χ3v) is 6.05. The fourth-order valence-electron chi connectivity index (χ4n) is 2.98. The zero-order chi connectivity index (χ0) is 16.8. The smallest absolute Gasteiger partial charge is 0.322 e. The molecule has 0 radical (unpaired) electrons. The molecule has 3 rings (SSSR count). The van der Waals surface area contributed by atoms with E-state index in [2.05, 4.69) is 5.32 Å². The molecular weight excluding hydrogens is 327 g/mol. The Labute approximate surface area is 132 Å². The van der Waals surface area contributed by atoms with Gasteiger partial charge in [-0.15, -0.1) is 0 Å². The van der Waals surface area contributed by atoms with Gasteiger partial charge in [0.2, 0.25) is 15.9 Å². The standard InChI is InChI=1S/C14H15FN2O5S/c15-9-7-10-8(3-4-13(18)16-10)6-12(9)23(21,22)17-5-1-2-11(17)14(19)20/h6-7,11H,1-5H2,(H,16,18)(H,19,20)/t11-/m0/s1. The first-order valence-electron chi connectivity index (χ1n) is 7.17. The van der Waals surface area contributed by atoms with Crippen molar-refractivity contribution in [3.63, 3.8) is 0 Å². The average molecular weight is 342 g/mol. The van der Waals surface area contributed by atoms with Crippen molar-refractivity contribution >= 4 is 27.6 Å². The Balaban J connectivity index is 2.04. The third-order valence-electron chi connectivity index (χ3n) is 4.13. The molecule has 1 atom stereocenters. The number of carbonyl (C=O) groups is 2. The summed E-state index contributed by atoms with van der Waals surface area (Å²) in [6.07, 6.45) is 1.13. The number of carboxylic acids is 1. The highest BCUT2D eigenvalue weighted by Gasteiger charge is 2.41. The highest BCUT2D eigenvalue weighted by Crippen LogP contribution is 2.32. The van der Waals surface area contributed by atoms with E-state index in [-0.39, 0.29) is 31.0 Å². The minimum Gasteiger partial charge on any atom is -0.480 e. The van der Waals surface area contributed by atoms with Gasteiger partial charge in [0.15, 0.2) is 0 Å². The van der Waals surface area contributed by atoms with E-state index in [4.69, 9.17) is 5.11 Å². The van der Waals surface area contributed by atoms with Crippen LogP contribution in [0.2, 0.25) is 0 Å². The fourth-order valence-corrected chi connectivity index (χ4v) is 4.73. The summed E-state index contributed by atoms with van der Waals surface area (Å²) < 4.78 is 40.4. The Morgan fingerprint density at radius 1 is 1.35 bits per heavy atom. The van der Waals surface area contributed by atoms with Crippen molar-refractivity contribution in [1.29, 1.82) is 0 Å². The molecule has 0 saturated carbocycles. The van der Waals surface area contributed by atoms with Crippen LogP contribution in [0.3, 0.4) is 0 Å². The first-order chi connectivity index (χ1) is 10.8. The quantitative estimate of drug-likeness (QED) is 0.851. The molecule has 1 amide bonds. The highest BCUT2D eigenvalue weighted by atomic mass is 32.2. The Morgan fingerprint density at radius 2 is 2.09 bits per heavy atom. The van der Waals surface area contributed by atoms with Gasteiger partial charge in [0.25, 0.3) is 0 Å². The van der Waals surface area contributed by atoms with Crippen molar-refractivity contribution in [2.75, 3.05) is 11.9 Å². The number of halogens is 1. The number of amides is 1. The van der Waals surface area contributed by atoms with Crippen LogP contribution in [0, 0.1) is 5.82 Å². The first-order valence-corrected chi connectivity index (χ1v) is 8.61. The molecule has 2 N–H and O–H groups in total. The summed E-state index contributed by atoms with van der Waals surface area (Å²) in [4.78, 5) is 22.0. The SMILES string of the molecule is O=C1CCc2cc(S(=O)(=O)N3CCC[C@H]3C(=O)O)c(F)cc2N1. The lowest BCUT2D eigenvalue weighted by Gasteiger charge is -2.23. The molecule has 0 spiro atoms. The van der Waals surface area contributed by atoms with Gasteiger partial charge in [0, 0.05) is 18.7 Å². The van der Waals surface area contributed by atoms with Crippen LogP contribution in [0.1, 0.15) is 24.8 Å². The lowest BCUT2D eigenvalue weighted by atomic mass is 10.0. The predicted octanol–water partition coefficient (Wildman–Crippen LogP) is 0.948. The van der Waals surface area contributed by atoms with Crippen LogP contribution in [-0.4, -0.2) is 42.3 Å². The van der Waals surface area contributed by atoms with Gasteiger partial charge < -0.3 is 10.4 Å². The number of aryl methyl sites for hydroxylation is 1. The second kappa shape index (κ2) is 5.57. The van der Waals surface area contributed by atoms with E-state index < -0.39 is 32.7 Å². The van der Waals surface area contributed by atoms with Gasteiger partial charge >= 0.3 is 5.97 Å². The summed E-state index contributed by atoms with van der Waals surface area (Å²) in [5, 5.41) is 11.6. The maximum Gasteiger partial charge on any atom is 0.322 e. The Hall–Kier alpha value is -2.00. The van der Waals surface area contributed by atoms with E-state index in [0.29, 0.717) is 18.4 Å². The molecule has 1 saturated heterocycles. The van der Waals surface area contributed by atoms with Crippen LogP contribution in [-0.2, 0) is 26.0 Å². The van der Waals surface area contributed by atoms with Gasteiger partial charge in [-0.3, -0.25) is 9.59 Å². The number of rotatable bonds is 3. The van der Waals surface area contributed by atoms with Crippen molar-refractivity contribution in [3.8, 4) is 0 Å². The number of anilines is 1. The van der Waals surface area contributed by atoms with Gasteiger partial charge in [-0.1, -0.05) is 0 Å². The maximum atomic E-state index is 14.3. The topological polar surface area (TPSA) is 104 Å². The van der Waals surface area contributed by atoms with Crippen molar-refractivity contribution in [2.24, 2.45) is 0 Å². The molecule has 9 heteroatoms. The van der Waals surface area contributed by atoms with E-state index in [1.165, 1.54) is 6.07 Å². The molecule has 23 heavy (non-hydrogen) atoms. The summed E-state index contributed by atoms with van der Waals surface area (Å²) >= 11 is 0. The zero-order valence-corrected chi connectivity index (χ0v) is 12.9. The molecule has 1 aromatic carbocycles. The number of carboxylic acid groups (broad SMARTS) is 1. The normalized spacial score (nSPS) is 21.8. The summed E-state index contributed by atoms with van der Waals surface area (Å²) in [7, 11) is -4.25. The Bertz CT molecular complexity index is 793. The van der Waals surface area contributed by atoms with Crippen LogP contribution in [0.25, 0.3) is 0 Å². The van der Waals surface area contributed by atoms with Crippen molar-refractivity contribution < 1.29 is 27.5 Å². The van der Waals surface area contributed by atoms with Gasteiger partial charge in [-0.05, 0) is 37.0 Å². The second-order valence-corrected chi connectivity index (χ2v) is 7.46. The number of hydrogen-bond acceptors (Lipinski definition) is 4. The molecule has 0 bridgehead atoms. The summed E-state index contributed by atoms with van der Waals surface area (Å²) in [5.74, 6) is -2.49.